The number of fused-ring (bicyclic) bond motifs is 1. The molecule has 0 fully saturated rings. The highest BCUT2D eigenvalue weighted by Gasteiger charge is 2.02. The molecule has 2 aromatic rings. The third kappa shape index (κ3) is 0.942. The molecule has 0 saturated heterocycles. The van der Waals surface area contributed by atoms with Crippen molar-refractivity contribution in [2.24, 2.45) is 0 Å². The number of H-pyrrole nitrogens is 1. The van der Waals surface area contributed by atoms with Crippen molar-refractivity contribution < 1.29 is 0 Å². The van der Waals surface area contributed by atoms with Crippen LogP contribution in [0.15, 0.2) is 24.5 Å². The zero-order chi connectivity index (χ0) is 8.55. The van der Waals surface area contributed by atoms with Crippen LogP contribution in [0.4, 0.5) is 5.69 Å². The van der Waals surface area contributed by atoms with E-state index in [9.17, 15) is 0 Å². The summed E-state index contributed by atoms with van der Waals surface area (Å²) in [7, 11) is 4.03. The number of hydrogen-bond donors (Lipinski definition) is 1. The minimum Gasteiger partial charge on any atom is -0.376 e. The third-order valence-electron chi connectivity index (χ3n) is 1.91. The van der Waals surface area contributed by atoms with Crippen LogP contribution in [0.25, 0.3) is 11.0 Å². The van der Waals surface area contributed by atoms with Crippen molar-refractivity contribution in [1.29, 1.82) is 0 Å². The molecule has 1 aromatic heterocycles. The van der Waals surface area contributed by atoms with Crippen molar-refractivity contribution in [2.45, 2.75) is 0 Å². The second kappa shape index (κ2) is 2.52. The molecule has 2 rings (SSSR count). The molecule has 0 aliphatic heterocycles. The number of anilines is 1. The van der Waals surface area contributed by atoms with Gasteiger partial charge in [-0.3, -0.25) is 0 Å². The Kier molecular flexibility index (Phi) is 1.50. The number of hydrogen-bond acceptors (Lipinski definition) is 2. The normalized spacial score (nSPS) is 10.5. The van der Waals surface area contributed by atoms with E-state index in [2.05, 4.69) is 20.9 Å². The third-order valence-corrected chi connectivity index (χ3v) is 1.91. The van der Waals surface area contributed by atoms with Crippen molar-refractivity contribution in [3.63, 3.8) is 0 Å². The molecule has 0 aliphatic carbocycles. The van der Waals surface area contributed by atoms with Gasteiger partial charge in [-0.2, -0.15) is 0 Å². The summed E-state index contributed by atoms with van der Waals surface area (Å²) in [4.78, 5) is 9.38. The van der Waals surface area contributed by atoms with Crippen LogP contribution in [0.5, 0.6) is 0 Å². The van der Waals surface area contributed by atoms with Gasteiger partial charge in [-0.05, 0) is 12.1 Å². The van der Waals surface area contributed by atoms with Crippen molar-refractivity contribution >= 4 is 16.7 Å². The van der Waals surface area contributed by atoms with E-state index in [0.717, 1.165) is 16.7 Å². The monoisotopic (exact) mass is 161 g/mol. The van der Waals surface area contributed by atoms with Crippen LogP contribution in [0, 0.1) is 0 Å². The number of para-hydroxylation sites is 1. The number of nitrogens with one attached hydrogen (secondary N) is 1. The van der Waals surface area contributed by atoms with E-state index in [4.69, 9.17) is 0 Å². The minimum atomic E-state index is 1.03. The van der Waals surface area contributed by atoms with Gasteiger partial charge in [0.25, 0.3) is 0 Å². The molecule has 0 atom stereocenters. The Morgan fingerprint density at radius 2 is 2.17 bits per heavy atom. The number of aromatic amines is 1. The quantitative estimate of drug-likeness (QED) is 0.689. The average molecular weight is 161 g/mol. The first-order valence-corrected chi connectivity index (χ1v) is 3.88. The van der Waals surface area contributed by atoms with Crippen LogP contribution in [0.2, 0.25) is 0 Å². The Hall–Kier alpha value is -1.51. The summed E-state index contributed by atoms with van der Waals surface area (Å²) in [5, 5.41) is 0. The summed E-state index contributed by atoms with van der Waals surface area (Å²) >= 11 is 0. The molecule has 0 saturated carbocycles. The predicted molar refractivity (Wildman–Crippen MR) is 50.4 cm³/mol. The van der Waals surface area contributed by atoms with Gasteiger partial charge < -0.3 is 9.88 Å². The SMILES string of the molecule is CN(C)c1cccc2[nH]cnc12. The molecule has 0 amide bonds. The summed E-state index contributed by atoms with van der Waals surface area (Å²) in [6.45, 7) is 0. The topological polar surface area (TPSA) is 31.9 Å². The minimum absolute atomic E-state index is 1.03. The van der Waals surface area contributed by atoms with Gasteiger partial charge in [-0.1, -0.05) is 6.07 Å². The van der Waals surface area contributed by atoms with Crippen LogP contribution in [0.3, 0.4) is 0 Å². The molecule has 62 valence electrons. The van der Waals surface area contributed by atoms with Gasteiger partial charge in [0.1, 0.15) is 5.52 Å². The van der Waals surface area contributed by atoms with Gasteiger partial charge in [-0.15, -0.1) is 0 Å². The molecule has 1 heterocycles. The molecule has 0 aliphatic rings. The Balaban J connectivity index is 2.73. The highest BCUT2D eigenvalue weighted by Crippen LogP contribution is 2.21. The fraction of sp³-hybridized carbons (Fsp3) is 0.222. The summed E-state index contributed by atoms with van der Waals surface area (Å²) in [5.41, 5.74) is 3.26. The number of benzene rings is 1. The second-order valence-electron chi connectivity index (χ2n) is 2.97. The first kappa shape index (κ1) is 7.16. The van der Waals surface area contributed by atoms with E-state index in [-0.39, 0.29) is 0 Å². The van der Waals surface area contributed by atoms with Gasteiger partial charge in [0, 0.05) is 14.1 Å². The molecule has 12 heavy (non-hydrogen) atoms. The van der Waals surface area contributed by atoms with E-state index in [1.165, 1.54) is 0 Å². The van der Waals surface area contributed by atoms with E-state index in [1.54, 1.807) is 6.33 Å². The van der Waals surface area contributed by atoms with Crippen LogP contribution in [-0.2, 0) is 0 Å². The highest BCUT2D eigenvalue weighted by atomic mass is 15.1. The maximum atomic E-state index is 4.24. The van der Waals surface area contributed by atoms with Crippen LogP contribution < -0.4 is 4.90 Å². The number of imidazole rings is 1. The molecule has 0 unspecified atom stereocenters. The molecule has 1 aromatic carbocycles. The van der Waals surface area contributed by atoms with Crippen molar-refractivity contribution in [1.82, 2.24) is 9.97 Å². The fourth-order valence-electron chi connectivity index (χ4n) is 1.31. The van der Waals surface area contributed by atoms with Crippen molar-refractivity contribution in [2.75, 3.05) is 19.0 Å². The Morgan fingerprint density at radius 3 is 2.92 bits per heavy atom. The molecular formula is C9H11N3. The van der Waals surface area contributed by atoms with Crippen LogP contribution >= 0.6 is 0 Å². The molecule has 0 bridgehead atoms. The molecule has 3 heteroatoms. The first-order chi connectivity index (χ1) is 5.79. The van der Waals surface area contributed by atoms with E-state index >= 15 is 0 Å². The Bertz CT molecular complexity index is 389. The first-order valence-electron chi connectivity index (χ1n) is 3.88. The van der Waals surface area contributed by atoms with Crippen LogP contribution in [-0.4, -0.2) is 24.1 Å². The Morgan fingerprint density at radius 1 is 1.33 bits per heavy atom. The smallest absolute Gasteiger partial charge is 0.111 e. The van der Waals surface area contributed by atoms with Gasteiger partial charge in [0.15, 0.2) is 0 Å². The summed E-state index contributed by atoms with van der Waals surface area (Å²) in [6.07, 6.45) is 1.72. The Labute approximate surface area is 71.0 Å². The van der Waals surface area contributed by atoms with Crippen LogP contribution in [0.1, 0.15) is 0 Å². The average Bonchev–Trinajstić information content (AvgIpc) is 2.49. The second-order valence-corrected chi connectivity index (χ2v) is 2.97. The lowest BCUT2D eigenvalue weighted by Gasteiger charge is -2.11. The number of nitrogens with zero attached hydrogens (tertiary/aromatic N) is 2. The summed E-state index contributed by atoms with van der Waals surface area (Å²) in [5.74, 6) is 0. The zero-order valence-electron chi connectivity index (χ0n) is 7.20. The lowest BCUT2D eigenvalue weighted by atomic mass is 10.2. The zero-order valence-corrected chi connectivity index (χ0v) is 7.20. The van der Waals surface area contributed by atoms with Crippen molar-refractivity contribution in [3.8, 4) is 0 Å². The fourth-order valence-corrected chi connectivity index (χ4v) is 1.31. The van der Waals surface area contributed by atoms with Gasteiger partial charge in [0.2, 0.25) is 0 Å². The standard InChI is InChI=1S/C9H11N3/c1-12(2)8-5-3-4-7-9(8)11-6-10-7/h3-6H,1-2H3,(H,10,11). The van der Waals surface area contributed by atoms with E-state index < -0.39 is 0 Å². The van der Waals surface area contributed by atoms with E-state index in [1.807, 2.05) is 26.2 Å². The van der Waals surface area contributed by atoms with Crippen molar-refractivity contribution in [3.05, 3.63) is 24.5 Å². The van der Waals surface area contributed by atoms with Gasteiger partial charge in [0.05, 0.1) is 17.5 Å². The molecular weight excluding hydrogens is 150 g/mol. The maximum Gasteiger partial charge on any atom is 0.111 e. The van der Waals surface area contributed by atoms with E-state index in [0.29, 0.717) is 0 Å². The van der Waals surface area contributed by atoms with Gasteiger partial charge in [-0.25, -0.2) is 4.98 Å². The number of aromatic nitrogens is 2. The van der Waals surface area contributed by atoms with Gasteiger partial charge >= 0.3 is 0 Å². The summed E-state index contributed by atoms with van der Waals surface area (Å²) < 4.78 is 0. The predicted octanol–water partition coefficient (Wildman–Crippen LogP) is 1.63. The summed E-state index contributed by atoms with van der Waals surface area (Å²) in [6, 6.07) is 6.11. The molecule has 0 spiro atoms. The highest BCUT2D eigenvalue weighted by molar-refractivity contribution is 5.88. The lowest BCUT2D eigenvalue weighted by Crippen LogP contribution is -2.08. The lowest BCUT2D eigenvalue weighted by molar-refractivity contribution is 1.14. The molecule has 1 N–H and O–H groups in total. The largest absolute Gasteiger partial charge is 0.376 e. The maximum absolute atomic E-state index is 4.24. The molecule has 3 nitrogen and oxygen atoms in total. The molecule has 0 radical (unpaired) electrons. The number of rotatable bonds is 1.